The number of pyridine rings is 1. The minimum Gasteiger partial charge on any atom is -0.481 e. The molecular formula is C15H19N3O2. The third-order valence-electron chi connectivity index (χ3n) is 3.68. The van der Waals surface area contributed by atoms with Crippen LogP contribution in [0.4, 0.5) is 5.82 Å². The van der Waals surface area contributed by atoms with Crippen LogP contribution in [0.3, 0.4) is 0 Å². The van der Waals surface area contributed by atoms with Crippen LogP contribution in [0.1, 0.15) is 43.4 Å². The molecule has 1 aromatic rings. The van der Waals surface area contributed by atoms with E-state index >= 15 is 0 Å². The molecule has 0 spiro atoms. The topological polar surface area (TPSA) is 77.2 Å². The zero-order valence-corrected chi connectivity index (χ0v) is 11.7. The molecule has 1 saturated heterocycles. The molecule has 0 amide bonds. The molecule has 5 nitrogen and oxygen atoms in total. The molecule has 106 valence electrons. The van der Waals surface area contributed by atoms with Crippen molar-refractivity contribution >= 4 is 11.8 Å². The van der Waals surface area contributed by atoms with E-state index in [-0.39, 0.29) is 12.5 Å². The highest BCUT2D eigenvalue weighted by Crippen LogP contribution is 2.26. The molecule has 0 aromatic carbocycles. The molecular weight excluding hydrogens is 254 g/mol. The van der Waals surface area contributed by atoms with E-state index in [0.717, 1.165) is 37.3 Å². The fourth-order valence-electron chi connectivity index (χ4n) is 2.76. The van der Waals surface area contributed by atoms with Gasteiger partial charge in [0.05, 0.1) is 11.6 Å². The number of anilines is 1. The predicted octanol–water partition coefficient (Wildman–Crippen LogP) is 2.49. The summed E-state index contributed by atoms with van der Waals surface area (Å²) in [5.74, 6) is 0.0436. The molecule has 5 heteroatoms. The Bertz CT molecular complexity index is 536. The number of piperidine rings is 1. The number of hydrogen-bond donors (Lipinski definition) is 1. The highest BCUT2D eigenvalue weighted by atomic mass is 16.4. The SMILES string of the molecule is Cc1cc(C#N)cc(N2CCCCC2CCC(=O)O)n1. The molecule has 0 radical (unpaired) electrons. The Balaban J connectivity index is 2.21. The smallest absolute Gasteiger partial charge is 0.303 e. The van der Waals surface area contributed by atoms with Gasteiger partial charge < -0.3 is 10.0 Å². The lowest BCUT2D eigenvalue weighted by Gasteiger charge is -2.36. The number of nitrogens with zero attached hydrogens (tertiary/aromatic N) is 3. The Morgan fingerprint density at radius 3 is 3.05 bits per heavy atom. The van der Waals surface area contributed by atoms with Gasteiger partial charge in [-0.3, -0.25) is 4.79 Å². The lowest BCUT2D eigenvalue weighted by atomic mass is 9.97. The molecule has 0 bridgehead atoms. The van der Waals surface area contributed by atoms with E-state index in [9.17, 15) is 4.79 Å². The maximum absolute atomic E-state index is 10.8. The fraction of sp³-hybridized carbons (Fsp3) is 0.533. The summed E-state index contributed by atoms with van der Waals surface area (Å²) in [6, 6.07) is 5.92. The van der Waals surface area contributed by atoms with E-state index in [2.05, 4.69) is 16.0 Å². The molecule has 0 aliphatic carbocycles. The van der Waals surface area contributed by atoms with Crippen LogP contribution in [-0.4, -0.2) is 28.6 Å². The van der Waals surface area contributed by atoms with Gasteiger partial charge in [-0.25, -0.2) is 4.98 Å². The van der Waals surface area contributed by atoms with Gasteiger partial charge in [-0.15, -0.1) is 0 Å². The van der Waals surface area contributed by atoms with Crippen LogP contribution < -0.4 is 4.90 Å². The second kappa shape index (κ2) is 6.38. The van der Waals surface area contributed by atoms with Crippen LogP contribution in [0, 0.1) is 18.3 Å². The van der Waals surface area contributed by atoms with Crippen molar-refractivity contribution in [3.05, 3.63) is 23.4 Å². The maximum Gasteiger partial charge on any atom is 0.303 e. The van der Waals surface area contributed by atoms with Gasteiger partial charge >= 0.3 is 5.97 Å². The normalized spacial score (nSPS) is 18.6. The van der Waals surface area contributed by atoms with Gasteiger partial charge in [-0.05, 0) is 44.7 Å². The monoisotopic (exact) mass is 273 g/mol. The summed E-state index contributed by atoms with van der Waals surface area (Å²) in [5, 5.41) is 17.9. The Morgan fingerprint density at radius 1 is 1.55 bits per heavy atom. The summed E-state index contributed by atoms with van der Waals surface area (Å²) in [4.78, 5) is 17.4. The third-order valence-corrected chi connectivity index (χ3v) is 3.68. The van der Waals surface area contributed by atoms with Crippen molar-refractivity contribution in [2.24, 2.45) is 0 Å². The molecule has 20 heavy (non-hydrogen) atoms. The summed E-state index contributed by atoms with van der Waals surface area (Å²) >= 11 is 0. The summed E-state index contributed by atoms with van der Waals surface area (Å²) in [7, 11) is 0. The van der Waals surface area contributed by atoms with E-state index in [1.54, 1.807) is 12.1 Å². The average molecular weight is 273 g/mol. The fourth-order valence-corrected chi connectivity index (χ4v) is 2.76. The lowest BCUT2D eigenvalue weighted by Crippen LogP contribution is -2.40. The third kappa shape index (κ3) is 3.47. The Hall–Kier alpha value is -2.09. The van der Waals surface area contributed by atoms with Crippen LogP contribution in [-0.2, 0) is 4.79 Å². The van der Waals surface area contributed by atoms with Crippen LogP contribution in [0.5, 0.6) is 0 Å². The molecule has 1 aliphatic heterocycles. The average Bonchev–Trinajstić information content (AvgIpc) is 2.44. The Kier molecular flexibility index (Phi) is 4.57. The van der Waals surface area contributed by atoms with Gasteiger partial charge in [0, 0.05) is 24.7 Å². The van der Waals surface area contributed by atoms with Crippen LogP contribution in [0.2, 0.25) is 0 Å². The first-order valence-corrected chi connectivity index (χ1v) is 6.97. The van der Waals surface area contributed by atoms with E-state index in [1.807, 2.05) is 6.92 Å². The standard InChI is InChI=1S/C15H19N3O2/c1-11-8-12(10-16)9-14(17-11)18-7-3-2-4-13(18)5-6-15(19)20/h8-9,13H,2-7H2,1H3,(H,19,20). The van der Waals surface area contributed by atoms with E-state index in [1.165, 1.54) is 0 Å². The minimum atomic E-state index is -0.759. The van der Waals surface area contributed by atoms with Crippen LogP contribution in [0.15, 0.2) is 12.1 Å². The van der Waals surface area contributed by atoms with Gasteiger partial charge in [0.25, 0.3) is 0 Å². The molecule has 0 saturated carbocycles. The van der Waals surface area contributed by atoms with Crippen molar-refractivity contribution < 1.29 is 9.90 Å². The summed E-state index contributed by atoms with van der Waals surface area (Å²) < 4.78 is 0. The molecule has 1 aromatic heterocycles. The van der Waals surface area contributed by atoms with Crippen molar-refractivity contribution in [3.8, 4) is 6.07 Å². The largest absolute Gasteiger partial charge is 0.481 e. The number of aliphatic carboxylic acids is 1. The van der Waals surface area contributed by atoms with Crippen molar-refractivity contribution in [1.29, 1.82) is 5.26 Å². The van der Waals surface area contributed by atoms with E-state index in [0.29, 0.717) is 12.0 Å². The second-order valence-electron chi connectivity index (χ2n) is 5.24. The Labute approximate surface area is 118 Å². The van der Waals surface area contributed by atoms with Gasteiger partial charge in [0.2, 0.25) is 0 Å². The predicted molar refractivity (Wildman–Crippen MR) is 75.5 cm³/mol. The van der Waals surface area contributed by atoms with E-state index in [4.69, 9.17) is 10.4 Å². The molecule has 2 heterocycles. The van der Waals surface area contributed by atoms with Crippen molar-refractivity contribution in [2.45, 2.75) is 45.1 Å². The summed E-state index contributed by atoms with van der Waals surface area (Å²) in [6.07, 6.45) is 4.01. The second-order valence-corrected chi connectivity index (χ2v) is 5.24. The quantitative estimate of drug-likeness (QED) is 0.912. The molecule has 1 N–H and O–H groups in total. The van der Waals surface area contributed by atoms with Gasteiger partial charge in [-0.1, -0.05) is 0 Å². The van der Waals surface area contributed by atoms with Crippen molar-refractivity contribution in [1.82, 2.24) is 4.98 Å². The van der Waals surface area contributed by atoms with Gasteiger partial charge in [0.15, 0.2) is 0 Å². The number of hydrogen-bond acceptors (Lipinski definition) is 4. The Morgan fingerprint density at radius 2 is 2.35 bits per heavy atom. The number of nitriles is 1. The molecule has 1 atom stereocenters. The van der Waals surface area contributed by atoms with Crippen LogP contribution >= 0.6 is 0 Å². The minimum absolute atomic E-state index is 0.179. The van der Waals surface area contributed by atoms with Crippen molar-refractivity contribution in [2.75, 3.05) is 11.4 Å². The van der Waals surface area contributed by atoms with Crippen LogP contribution in [0.25, 0.3) is 0 Å². The maximum atomic E-state index is 10.8. The number of aryl methyl sites for hydroxylation is 1. The van der Waals surface area contributed by atoms with Gasteiger partial charge in [0.1, 0.15) is 5.82 Å². The van der Waals surface area contributed by atoms with E-state index < -0.39 is 5.97 Å². The first-order valence-electron chi connectivity index (χ1n) is 6.97. The lowest BCUT2D eigenvalue weighted by molar-refractivity contribution is -0.137. The summed E-state index contributed by atoms with van der Waals surface area (Å²) in [6.45, 7) is 2.76. The molecule has 1 aliphatic rings. The zero-order chi connectivity index (χ0) is 14.5. The number of carbonyl (C=O) groups is 1. The number of carboxylic acid groups (broad SMARTS) is 1. The first kappa shape index (κ1) is 14.3. The highest BCUT2D eigenvalue weighted by molar-refractivity contribution is 5.66. The summed E-state index contributed by atoms with van der Waals surface area (Å²) in [5.41, 5.74) is 1.43. The number of carboxylic acids is 1. The zero-order valence-electron chi connectivity index (χ0n) is 11.7. The number of rotatable bonds is 4. The molecule has 1 unspecified atom stereocenters. The van der Waals surface area contributed by atoms with Gasteiger partial charge in [-0.2, -0.15) is 5.26 Å². The number of aromatic nitrogens is 1. The first-order chi connectivity index (χ1) is 9.60. The highest BCUT2D eigenvalue weighted by Gasteiger charge is 2.24. The molecule has 1 fully saturated rings. The molecule has 2 rings (SSSR count). The van der Waals surface area contributed by atoms with Crippen molar-refractivity contribution in [3.63, 3.8) is 0 Å².